The Labute approximate surface area is 81.2 Å². The molecule has 1 aromatic carbocycles. The molecule has 0 atom stereocenters. The van der Waals surface area contributed by atoms with Gasteiger partial charge in [-0.1, -0.05) is 6.07 Å². The fourth-order valence-corrected chi connectivity index (χ4v) is 1.77. The Morgan fingerprint density at radius 2 is 2.14 bits per heavy atom. The number of hydrogen-bond acceptors (Lipinski definition) is 3. The molecule has 1 N–H and O–H groups in total. The van der Waals surface area contributed by atoms with E-state index in [0.29, 0.717) is 5.71 Å². The monoisotopic (exact) mass is 190 g/mol. The molecule has 2 rings (SSSR count). The molecule has 4 nitrogen and oxygen atoms in total. The number of aryl methyl sites for hydroxylation is 1. The van der Waals surface area contributed by atoms with Gasteiger partial charge in [0, 0.05) is 23.4 Å². The molecule has 0 heterocycles. The Morgan fingerprint density at radius 3 is 2.86 bits per heavy atom. The zero-order valence-corrected chi connectivity index (χ0v) is 7.62. The molecule has 14 heavy (non-hydrogen) atoms. The molecule has 1 aliphatic rings. The van der Waals surface area contributed by atoms with Crippen molar-refractivity contribution in [1.29, 1.82) is 5.41 Å². The first-order valence-electron chi connectivity index (χ1n) is 4.53. The van der Waals surface area contributed by atoms with Crippen LogP contribution in [-0.2, 0) is 6.42 Å². The number of nitro benzene ring substituents is 1. The van der Waals surface area contributed by atoms with E-state index in [9.17, 15) is 10.1 Å². The normalized spacial score (nSPS) is 15.0. The molecule has 1 aliphatic carbocycles. The number of nitro groups is 1. The topological polar surface area (TPSA) is 67.0 Å². The zero-order valence-electron chi connectivity index (χ0n) is 7.62. The molecule has 0 saturated heterocycles. The molecular weight excluding hydrogens is 180 g/mol. The van der Waals surface area contributed by atoms with Gasteiger partial charge in [0.25, 0.3) is 5.69 Å². The van der Waals surface area contributed by atoms with Gasteiger partial charge in [-0.2, -0.15) is 0 Å². The van der Waals surface area contributed by atoms with Gasteiger partial charge in [0.05, 0.1) is 4.92 Å². The highest BCUT2D eigenvalue weighted by Gasteiger charge is 2.17. The zero-order chi connectivity index (χ0) is 10.1. The van der Waals surface area contributed by atoms with Crippen LogP contribution < -0.4 is 0 Å². The van der Waals surface area contributed by atoms with Crippen LogP contribution in [0.3, 0.4) is 0 Å². The molecule has 0 aliphatic heterocycles. The largest absolute Gasteiger partial charge is 0.305 e. The minimum atomic E-state index is -0.415. The van der Waals surface area contributed by atoms with Crippen LogP contribution in [0.4, 0.5) is 5.69 Å². The number of non-ortho nitro benzene ring substituents is 1. The van der Waals surface area contributed by atoms with Crippen molar-refractivity contribution in [2.75, 3.05) is 0 Å². The van der Waals surface area contributed by atoms with E-state index in [-0.39, 0.29) is 5.69 Å². The number of hydrogen-bond donors (Lipinski definition) is 1. The lowest BCUT2D eigenvalue weighted by Crippen LogP contribution is -2.10. The highest BCUT2D eigenvalue weighted by Crippen LogP contribution is 2.24. The highest BCUT2D eigenvalue weighted by molar-refractivity contribution is 6.00. The van der Waals surface area contributed by atoms with E-state index in [1.54, 1.807) is 6.07 Å². The summed E-state index contributed by atoms with van der Waals surface area (Å²) in [5.41, 5.74) is 2.42. The number of nitrogens with one attached hydrogen (secondary N) is 1. The summed E-state index contributed by atoms with van der Waals surface area (Å²) in [6.07, 6.45) is 2.63. The Hall–Kier alpha value is -1.71. The van der Waals surface area contributed by atoms with Crippen molar-refractivity contribution in [3.63, 3.8) is 0 Å². The van der Waals surface area contributed by atoms with Gasteiger partial charge < -0.3 is 5.41 Å². The van der Waals surface area contributed by atoms with Gasteiger partial charge >= 0.3 is 0 Å². The molecule has 0 spiro atoms. The lowest BCUT2D eigenvalue weighted by molar-refractivity contribution is -0.384. The summed E-state index contributed by atoms with van der Waals surface area (Å²) in [5, 5.41) is 18.2. The Kier molecular flexibility index (Phi) is 2.04. The fourth-order valence-electron chi connectivity index (χ4n) is 1.77. The summed E-state index contributed by atoms with van der Waals surface area (Å²) in [5.74, 6) is 0. The van der Waals surface area contributed by atoms with Crippen LogP contribution in [0, 0.1) is 15.5 Å². The van der Waals surface area contributed by atoms with Gasteiger partial charge in [-0.25, -0.2) is 0 Å². The third-order valence-corrected chi connectivity index (χ3v) is 2.50. The molecular formula is C10H10N2O2. The minimum absolute atomic E-state index is 0.0791. The summed E-state index contributed by atoms with van der Waals surface area (Å²) < 4.78 is 0. The van der Waals surface area contributed by atoms with E-state index in [1.807, 2.05) is 0 Å². The van der Waals surface area contributed by atoms with Crippen molar-refractivity contribution in [2.24, 2.45) is 0 Å². The van der Waals surface area contributed by atoms with E-state index < -0.39 is 4.92 Å². The number of nitrogens with zero attached hydrogens (tertiary/aromatic N) is 1. The molecule has 0 radical (unpaired) electrons. The van der Waals surface area contributed by atoms with Crippen molar-refractivity contribution in [3.8, 4) is 0 Å². The Bertz CT molecular complexity index is 413. The SMILES string of the molecule is N=C1CCCc2ccc([N+](=O)[O-])cc21. The van der Waals surface area contributed by atoms with Crippen LogP contribution in [0.1, 0.15) is 24.0 Å². The van der Waals surface area contributed by atoms with Gasteiger partial charge in [0.15, 0.2) is 0 Å². The fraction of sp³-hybridized carbons (Fsp3) is 0.300. The quantitative estimate of drug-likeness (QED) is 0.545. The molecule has 72 valence electrons. The van der Waals surface area contributed by atoms with Crippen molar-refractivity contribution >= 4 is 11.4 Å². The predicted octanol–water partition coefficient (Wildman–Crippen LogP) is 2.30. The summed E-state index contributed by atoms with van der Waals surface area (Å²) >= 11 is 0. The van der Waals surface area contributed by atoms with Gasteiger partial charge in [0.1, 0.15) is 0 Å². The number of fused-ring (bicyclic) bond motifs is 1. The van der Waals surface area contributed by atoms with Crippen molar-refractivity contribution in [1.82, 2.24) is 0 Å². The van der Waals surface area contributed by atoms with Crippen molar-refractivity contribution < 1.29 is 4.92 Å². The second kappa shape index (κ2) is 3.21. The standard InChI is InChI=1S/C10H10N2O2/c11-10-3-1-2-7-4-5-8(12(13)14)6-9(7)10/h4-6,11H,1-3H2. The smallest absolute Gasteiger partial charge is 0.270 e. The van der Waals surface area contributed by atoms with Crippen LogP contribution in [0.2, 0.25) is 0 Å². The van der Waals surface area contributed by atoms with E-state index in [0.717, 1.165) is 30.4 Å². The Balaban J connectivity index is 2.51. The molecule has 4 heteroatoms. The van der Waals surface area contributed by atoms with Gasteiger partial charge in [-0.15, -0.1) is 0 Å². The molecule has 0 saturated carbocycles. The number of benzene rings is 1. The van der Waals surface area contributed by atoms with Gasteiger partial charge in [-0.3, -0.25) is 10.1 Å². The second-order valence-corrected chi connectivity index (χ2v) is 3.43. The maximum absolute atomic E-state index is 10.5. The summed E-state index contributed by atoms with van der Waals surface area (Å²) in [6.45, 7) is 0. The van der Waals surface area contributed by atoms with E-state index in [4.69, 9.17) is 5.41 Å². The summed E-state index contributed by atoms with van der Waals surface area (Å²) in [4.78, 5) is 10.1. The highest BCUT2D eigenvalue weighted by atomic mass is 16.6. The minimum Gasteiger partial charge on any atom is -0.305 e. The first-order chi connectivity index (χ1) is 6.68. The molecule has 0 aromatic heterocycles. The van der Waals surface area contributed by atoms with E-state index in [1.165, 1.54) is 12.1 Å². The molecule has 0 unspecified atom stereocenters. The number of rotatable bonds is 1. The van der Waals surface area contributed by atoms with Gasteiger partial charge in [-0.05, 0) is 24.8 Å². The Morgan fingerprint density at radius 1 is 1.36 bits per heavy atom. The molecule has 1 aromatic rings. The molecule has 0 fully saturated rings. The molecule has 0 amide bonds. The lowest BCUT2D eigenvalue weighted by Gasteiger charge is -2.15. The van der Waals surface area contributed by atoms with Crippen molar-refractivity contribution in [2.45, 2.75) is 19.3 Å². The third-order valence-electron chi connectivity index (χ3n) is 2.50. The van der Waals surface area contributed by atoms with E-state index >= 15 is 0 Å². The maximum atomic E-state index is 10.5. The average molecular weight is 190 g/mol. The van der Waals surface area contributed by atoms with Crippen LogP contribution in [0.25, 0.3) is 0 Å². The molecule has 0 bridgehead atoms. The first-order valence-corrected chi connectivity index (χ1v) is 4.53. The van der Waals surface area contributed by atoms with Crippen LogP contribution in [-0.4, -0.2) is 10.6 Å². The van der Waals surface area contributed by atoms with Crippen LogP contribution >= 0.6 is 0 Å². The lowest BCUT2D eigenvalue weighted by atomic mass is 9.90. The van der Waals surface area contributed by atoms with Gasteiger partial charge in [0.2, 0.25) is 0 Å². The maximum Gasteiger partial charge on any atom is 0.270 e. The van der Waals surface area contributed by atoms with Crippen molar-refractivity contribution in [3.05, 3.63) is 39.4 Å². The van der Waals surface area contributed by atoms with Crippen LogP contribution in [0.5, 0.6) is 0 Å². The van der Waals surface area contributed by atoms with E-state index in [2.05, 4.69) is 0 Å². The third kappa shape index (κ3) is 1.39. The second-order valence-electron chi connectivity index (χ2n) is 3.43. The van der Waals surface area contributed by atoms with Crippen LogP contribution in [0.15, 0.2) is 18.2 Å². The first kappa shape index (κ1) is 8.87. The summed E-state index contributed by atoms with van der Waals surface area (Å²) in [6, 6.07) is 4.79. The average Bonchev–Trinajstić information content (AvgIpc) is 2.18. The summed E-state index contributed by atoms with van der Waals surface area (Å²) in [7, 11) is 0. The predicted molar refractivity (Wildman–Crippen MR) is 52.9 cm³/mol.